The van der Waals surface area contributed by atoms with E-state index in [1.807, 2.05) is 17.0 Å². The lowest BCUT2D eigenvalue weighted by atomic mass is 9.96. The van der Waals surface area contributed by atoms with Crippen molar-refractivity contribution in [2.24, 2.45) is 11.7 Å². The van der Waals surface area contributed by atoms with Gasteiger partial charge < -0.3 is 15.5 Å². The Morgan fingerprint density at radius 2 is 1.55 bits per heavy atom. The molecular formula is C26H35ClF3N7O3. The van der Waals surface area contributed by atoms with E-state index in [9.17, 15) is 27.6 Å². The summed E-state index contributed by atoms with van der Waals surface area (Å²) in [4.78, 5) is 46.8. The Morgan fingerprint density at radius 3 is 2.08 bits per heavy atom. The van der Waals surface area contributed by atoms with E-state index in [0.717, 1.165) is 5.56 Å². The topological polar surface area (TPSA) is 117 Å². The van der Waals surface area contributed by atoms with Crippen LogP contribution in [-0.4, -0.2) is 87.2 Å². The van der Waals surface area contributed by atoms with E-state index in [4.69, 9.17) is 5.73 Å². The number of hydrogen-bond donors (Lipinski definition) is 2. The van der Waals surface area contributed by atoms with Crippen LogP contribution in [0.3, 0.4) is 0 Å². The van der Waals surface area contributed by atoms with Crippen molar-refractivity contribution in [3.8, 4) is 5.69 Å². The maximum absolute atomic E-state index is 12.9. The normalized spacial score (nSPS) is 17.4. The molecule has 2 saturated heterocycles. The average molecular weight is 586 g/mol. The number of nitrogens with zero attached hydrogens (tertiary/aromatic N) is 5. The number of urea groups is 1. The molecule has 2 aliphatic heterocycles. The first-order valence-electron chi connectivity index (χ1n) is 12.9. The van der Waals surface area contributed by atoms with E-state index >= 15 is 0 Å². The molecule has 10 nitrogen and oxygen atoms in total. The summed E-state index contributed by atoms with van der Waals surface area (Å²) >= 11 is 0. The number of hydrogen-bond acceptors (Lipinski definition) is 6. The van der Waals surface area contributed by atoms with Crippen molar-refractivity contribution in [2.45, 2.75) is 44.9 Å². The predicted octanol–water partition coefficient (Wildman–Crippen LogP) is 2.84. The molecule has 220 valence electrons. The number of nitrogens with one attached hydrogen (secondary N) is 1. The molecule has 0 saturated carbocycles. The van der Waals surface area contributed by atoms with Gasteiger partial charge in [-0.2, -0.15) is 18.2 Å². The molecule has 0 radical (unpaired) electrons. The zero-order valence-corrected chi connectivity index (χ0v) is 23.3. The Hall–Kier alpha value is -3.16. The Balaban J connectivity index is 0.00000441. The SMILES string of the molecule is CC(C)(N)C(=O)N1CCN(C(=O)Nc2ccn(-c3ccc(CN4CCC(C(F)(F)F)CC4)cc3)c(=O)n2)CC1.Cl. The number of anilines is 1. The second-order valence-corrected chi connectivity index (χ2v) is 10.7. The molecule has 0 bridgehead atoms. The zero-order valence-electron chi connectivity index (χ0n) is 22.5. The van der Waals surface area contributed by atoms with E-state index in [-0.39, 0.29) is 37.0 Å². The number of carbonyl (C=O) groups is 2. The quantitative estimate of drug-likeness (QED) is 0.557. The lowest BCUT2D eigenvalue weighted by molar-refractivity contribution is -0.185. The van der Waals surface area contributed by atoms with Crippen molar-refractivity contribution in [3.63, 3.8) is 0 Å². The Bertz CT molecular complexity index is 1230. The summed E-state index contributed by atoms with van der Waals surface area (Å²) in [6.45, 7) is 6.00. The van der Waals surface area contributed by atoms with Gasteiger partial charge in [-0.25, -0.2) is 9.59 Å². The molecule has 3 heterocycles. The number of rotatable bonds is 5. The van der Waals surface area contributed by atoms with Crippen molar-refractivity contribution in [1.82, 2.24) is 24.3 Å². The monoisotopic (exact) mass is 585 g/mol. The second kappa shape index (κ2) is 12.6. The van der Waals surface area contributed by atoms with Gasteiger partial charge in [-0.3, -0.25) is 19.6 Å². The van der Waals surface area contributed by atoms with Crippen LogP contribution < -0.4 is 16.7 Å². The van der Waals surface area contributed by atoms with Crippen LogP contribution in [-0.2, 0) is 11.3 Å². The highest BCUT2D eigenvalue weighted by atomic mass is 35.5. The number of alkyl halides is 3. The smallest absolute Gasteiger partial charge is 0.338 e. The van der Waals surface area contributed by atoms with Crippen LogP contribution in [0.2, 0.25) is 0 Å². The standard InChI is InChI=1S/C26H34F3N7O3.ClH/c1-25(2,30)22(37)34-13-15-35(16-14-34)23(38)31-21-9-12-36(24(39)32-21)20-5-3-18(4-6-20)17-33-10-7-19(8-11-33)26(27,28)29;/h3-6,9,12,19H,7-8,10-11,13-17,30H2,1-2H3,(H,31,32,38,39);1H. The van der Waals surface area contributed by atoms with Crippen LogP contribution in [0.25, 0.3) is 5.69 Å². The number of aromatic nitrogens is 2. The van der Waals surface area contributed by atoms with Gasteiger partial charge in [0.25, 0.3) is 0 Å². The maximum Gasteiger partial charge on any atom is 0.391 e. The minimum absolute atomic E-state index is 0. The van der Waals surface area contributed by atoms with E-state index in [1.54, 1.807) is 35.8 Å². The number of benzene rings is 1. The molecule has 3 amide bonds. The molecule has 3 N–H and O–H groups in total. The number of piperidine rings is 1. The molecule has 0 aliphatic carbocycles. The highest BCUT2D eigenvalue weighted by molar-refractivity contribution is 5.89. The van der Waals surface area contributed by atoms with E-state index in [0.29, 0.717) is 51.5 Å². The molecule has 1 aromatic heterocycles. The molecule has 2 aliphatic rings. The number of amides is 3. The van der Waals surface area contributed by atoms with Crippen molar-refractivity contribution >= 4 is 30.2 Å². The highest BCUT2D eigenvalue weighted by Gasteiger charge is 2.41. The third kappa shape index (κ3) is 7.73. The second-order valence-electron chi connectivity index (χ2n) is 10.7. The summed E-state index contributed by atoms with van der Waals surface area (Å²) in [6.07, 6.45) is -2.41. The van der Waals surface area contributed by atoms with Gasteiger partial charge >= 0.3 is 17.9 Å². The van der Waals surface area contributed by atoms with Gasteiger partial charge in [-0.05, 0) is 63.5 Å². The van der Waals surface area contributed by atoms with Crippen LogP contribution in [0.5, 0.6) is 0 Å². The number of nitrogens with two attached hydrogens (primary N) is 1. The van der Waals surface area contributed by atoms with Crippen molar-refractivity contribution in [1.29, 1.82) is 0 Å². The molecular weight excluding hydrogens is 551 g/mol. The number of likely N-dealkylation sites (tertiary alicyclic amines) is 1. The molecule has 0 unspecified atom stereocenters. The van der Waals surface area contributed by atoms with Gasteiger partial charge in [0, 0.05) is 38.9 Å². The van der Waals surface area contributed by atoms with Crippen LogP contribution >= 0.6 is 12.4 Å². The summed E-state index contributed by atoms with van der Waals surface area (Å²) in [5, 5.41) is 2.63. The molecule has 2 fully saturated rings. The van der Waals surface area contributed by atoms with Crippen LogP contribution in [0.4, 0.5) is 23.8 Å². The Labute approximate surface area is 236 Å². The maximum atomic E-state index is 12.9. The van der Waals surface area contributed by atoms with Gasteiger partial charge in [0.15, 0.2) is 0 Å². The van der Waals surface area contributed by atoms with Gasteiger partial charge in [-0.1, -0.05) is 12.1 Å². The van der Waals surface area contributed by atoms with E-state index < -0.39 is 29.4 Å². The Morgan fingerprint density at radius 1 is 0.975 bits per heavy atom. The van der Waals surface area contributed by atoms with Crippen molar-refractivity contribution in [2.75, 3.05) is 44.6 Å². The summed E-state index contributed by atoms with van der Waals surface area (Å²) in [7, 11) is 0. The fraction of sp³-hybridized carbons (Fsp3) is 0.538. The molecule has 14 heteroatoms. The number of carbonyl (C=O) groups excluding carboxylic acids is 2. The van der Waals surface area contributed by atoms with E-state index in [2.05, 4.69) is 10.3 Å². The van der Waals surface area contributed by atoms with Crippen LogP contribution in [0, 0.1) is 5.92 Å². The first-order valence-corrected chi connectivity index (χ1v) is 12.9. The summed E-state index contributed by atoms with van der Waals surface area (Å²) in [5.41, 5.74) is 5.84. The first kappa shape index (κ1) is 31.4. The fourth-order valence-corrected chi connectivity index (χ4v) is 4.82. The van der Waals surface area contributed by atoms with Gasteiger partial charge in [-0.15, -0.1) is 12.4 Å². The third-order valence-electron chi connectivity index (χ3n) is 7.12. The van der Waals surface area contributed by atoms with Crippen LogP contribution in [0.1, 0.15) is 32.3 Å². The zero-order chi connectivity index (χ0) is 28.4. The minimum atomic E-state index is -4.13. The lowest BCUT2D eigenvalue weighted by Gasteiger charge is -2.37. The van der Waals surface area contributed by atoms with Gasteiger partial charge in [0.05, 0.1) is 17.1 Å². The summed E-state index contributed by atoms with van der Waals surface area (Å²) in [5.74, 6) is -1.29. The molecule has 4 rings (SSSR count). The number of halogens is 4. The van der Waals surface area contributed by atoms with E-state index in [1.165, 1.54) is 16.8 Å². The highest BCUT2D eigenvalue weighted by Crippen LogP contribution is 2.34. The fourth-order valence-electron chi connectivity index (χ4n) is 4.82. The Kier molecular flexibility index (Phi) is 9.85. The largest absolute Gasteiger partial charge is 0.391 e. The predicted molar refractivity (Wildman–Crippen MR) is 147 cm³/mol. The van der Waals surface area contributed by atoms with Gasteiger partial charge in [0.1, 0.15) is 5.82 Å². The average Bonchev–Trinajstić information content (AvgIpc) is 2.88. The third-order valence-corrected chi connectivity index (χ3v) is 7.12. The summed E-state index contributed by atoms with van der Waals surface area (Å²) < 4.78 is 40.0. The first-order chi connectivity index (χ1) is 18.3. The molecule has 0 spiro atoms. The van der Waals surface area contributed by atoms with Crippen LogP contribution in [0.15, 0.2) is 41.3 Å². The van der Waals surface area contributed by atoms with Crippen molar-refractivity contribution in [3.05, 3.63) is 52.6 Å². The minimum Gasteiger partial charge on any atom is -0.338 e. The van der Waals surface area contributed by atoms with Crippen molar-refractivity contribution < 1.29 is 22.8 Å². The lowest BCUT2D eigenvalue weighted by Crippen LogP contribution is -2.58. The number of piperazine rings is 1. The summed E-state index contributed by atoms with van der Waals surface area (Å²) in [6, 6.07) is 8.29. The molecule has 1 aromatic carbocycles. The van der Waals surface area contributed by atoms with Gasteiger partial charge in [0.2, 0.25) is 5.91 Å². The molecule has 2 aromatic rings. The molecule has 0 atom stereocenters. The molecule has 40 heavy (non-hydrogen) atoms.